The molecule has 1 saturated heterocycles. The molecule has 55 heavy (non-hydrogen) atoms. The number of carboxylic acid groups (broad SMARTS) is 1. The average Bonchev–Trinajstić information content (AvgIpc) is 3.92. The second-order valence-electron chi connectivity index (χ2n) is 14.3. The summed E-state index contributed by atoms with van der Waals surface area (Å²) in [6.07, 6.45) is -1.36. The minimum Gasteiger partial charge on any atom is -0.481 e. The summed E-state index contributed by atoms with van der Waals surface area (Å²) in [6, 6.07) is 15.3. The van der Waals surface area contributed by atoms with Crippen LogP contribution in [0.1, 0.15) is 72.4 Å². The lowest BCUT2D eigenvalue weighted by Gasteiger charge is -2.24. The number of carboxylic acids is 1. The normalized spacial score (nSPS) is 19.8. The first kappa shape index (κ1) is 38.6. The van der Waals surface area contributed by atoms with Crippen LogP contribution < -0.4 is 19.5 Å². The lowest BCUT2D eigenvalue weighted by Crippen LogP contribution is -2.35. The van der Waals surface area contributed by atoms with Crippen LogP contribution in [0.3, 0.4) is 0 Å². The highest BCUT2D eigenvalue weighted by atomic mass is 35.5. The van der Waals surface area contributed by atoms with Gasteiger partial charge in [0.1, 0.15) is 23.5 Å². The maximum absolute atomic E-state index is 14.5. The van der Waals surface area contributed by atoms with Crippen LogP contribution in [0.2, 0.25) is 5.02 Å². The zero-order valence-electron chi connectivity index (χ0n) is 30.5. The number of hydrogen-bond acceptors (Lipinski definition) is 9. The maximum atomic E-state index is 14.5. The molecule has 2 fully saturated rings. The predicted molar refractivity (Wildman–Crippen MR) is 199 cm³/mol. The predicted octanol–water partition coefficient (Wildman–Crippen LogP) is 8.07. The molecule has 4 aromatic rings. The number of aromatic nitrogens is 2. The van der Waals surface area contributed by atoms with Crippen molar-refractivity contribution in [3.05, 3.63) is 87.4 Å². The average molecular weight is 779 g/mol. The van der Waals surface area contributed by atoms with Gasteiger partial charge >= 0.3 is 12.1 Å². The monoisotopic (exact) mass is 778 g/mol. The smallest absolute Gasteiger partial charge is 0.421 e. The Morgan fingerprint density at radius 1 is 0.945 bits per heavy atom. The van der Waals surface area contributed by atoms with E-state index in [1.54, 1.807) is 12.0 Å². The number of pyridine rings is 2. The molecule has 290 valence electrons. The molecule has 2 aliphatic carbocycles. The fourth-order valence-corrected chi connectivity index (χ4v) is 8.41. The third-order valence-corrected chi connectivity index (χ3v) is 11.2. The standard InChI is InChI=1S/C41H42ClF3N4O6/c1-53-37-24(21-46-20-23-11-13-26(50)18-23)12-15-33(47-37)31-9-4-8-30(36(31)42)27-6-3-7-29-28(27)14-16-35(29)55-39-32(41(43,44)45)19-25(38(48-39)54-2)22-49-17-5-10-34(49)40(51)52/h3-4,6-9,12,15,19,23,34-35,46H,5,10-11,13-14,16-18,20-22H2,1-2H3,(H,51,52)/t23-,34-,35+/m1/s1. The Bertz CT molecular complexity index is 2100. The van der Waals surface area contributed by atoms with E-state index in [1.165, 1.54) is 7.11 Å². The van der Waals surface area contributed by atoms with Crippen LogP contribution >= 0.6 is 11.6 Å². The minimum absolute atomic E-state index is 0.0501. The molecular weight excluding hydrogens is 737 g/mol. The number of aliphatic carboxylic acids is 1. The van der Waals surface area contributed by atoms with Crippen LogP contribution in [-0.2, 0) is 35.3 Å². The van der Waals surface area contributed by atoms with Crippen LogP contribution in [0.15, 0.2) is 54.6 Å². The molecule has 3 heterocycles. The number of rotatable bonds is 13. The van der Waals surface area contributed by atoms with Gasteiger partial charge in [-0.05, 0) is 79.9 Å². The van der Waals surface area contributed by atoms with Crippen molar-refractivity contribution < 1.29 is 42.1 Å². The number of hydrogen-bond donors (Lipinski definition) is 2. The van der Waals surface area contributed by atoms with Gasteiger partial charge in [0, 0.05) is 48.2 Å². The van der Waals surface area contributed by atoms with Crippen LogP contribution in [0.5, 0.6) is 17.6 Å². The molecule has 10 nitrogen and oxygen atoms in total. The SMILES string of the molecule is COc1nc(-c2cccc(-c3cccc4c3CC[C@@H]4Oc3nc(OC)c(CN4CCC[C@@H]4C(=O)O)cc3C(F)(F)F)c2Cl)ccc1CNC[C@@H]1CCC(=O)C1. The van der Waals surface area contributed by atoms with E-state index >= 15 is 0 Å². The number of ether oxygens (including phenoxy) is 3. The Morgan fingerprint density at radius 3 is 2.42 bits per heavy atom. The van der Waals surface area contributed by atoms with E-state index in [-0.39, 0.29) is 18.0 Å². The third-order valence-electron chi connectivity index (χ3n) is 10.8. The molecule has 0 unspecified atom stereocenters. The first-order valence-electron chi connectivity index (χ1n) is 18.4. The summed E-state index contributed by atoms with van der Waals surface area (Å²) < 4.78 is 60.8. The van der Waals surface area contributed by atoms with Crippen molar-refractivity contribution in [2.45, 2.75) is 76.4 Å². The van der Waals surface area contributed by atoms with Crippen LogP contribution in [0, 0.1) is 5.92 Å². The summed E-state index contributed by atoms with van der Waals surface area (Å²) in [5.41, 5.74) is 4.50. The summed E-state index contributed by atoms with van der Waals surface area (Å²) in [5, 5.41) is 13.5. The van der Waals surface area contributed by atoms with Crippen molar-refractivity contribution in [1.29, 1.82) is 0 Å². The highest BCUT2D eigenvalue weighted by molar-refractivity contribution is 6.36. The van der Waals surface area contributed by atoms with Gasteiger partial charge in [-0.3, -0.25) is 14.5 Å². The van der Waals surface area contributed by atoms with E-state index in [0.29, 0.717) is 85.5 Å². The number of benzene rings is 2. The molecular formula is C41H42ClF3N4O6. The van der Waals surface area contributed by atoms with Crippen molar-refractivity contribution in [2.24, 2.45) is 5.92 Å². The largest absolute Gasteiger partial charge is 0.481 e. The van der Waals surface area contributed by atoms with Gasteiger partial charge in [0.25, 0.3) is 0 Å². The zero-order chi connectivity index (χ0) is 38.9. The molecule has 14 heteroatoms. The number of alkyl halides is 3. The van der Waals surface area contributed by atoms with Crippen LogP contribution in [0.4, 0.5) is 13.2 Å². The fraction of sp³-hybridized carbons (Fsp3) is 0.415. The van der Waals surface area contributed by atoms with E-state index in [2.05, 4.69) is 10.3 Å². The molecule has 0 spiro atoms. The molecule has 0 bridgehead atoms. The molecule has 7 rings (SSSR count). The van der Waals surface area contributed by atoms with Crippen LogP contribution in [-0.4, -0.2) is 65.1 Å². The van der Waals surface area contributed by atoms with Gasteiger partial charge in [0.15, 0.2) is 0 Å². The Hall–Kier alpha value is -4.72. The number of fused-ring (bicyclic) bond motifs is 1. The quantitative estimate of drug-likeness (QED) is 0.138. The van der Waals surface area contributed by atoms with Gasteiger partial charge < -0.3 is 24.6 Å². The number of likely N-dealkylation sites (tertiary alicyclic amines) is 1. The van der Waals surface area contributed by atoms with Gasteiger partial charge in [-0.25, -0.2) is 4.98 Å². The van der Waals surface area contributed by atoms with Gasteiger partial charge in [0.05, 0.1) is 24.9 Å². The number of nitrogens with zero attached hydrogens (tertiary/aromatic N) is 3. The topological polar surface area (TPSA) is 123 Å². The van der Waals surface area contributed by atoms with E-state index in [0.717, 1.165) is 46.8 Å². The van der Waals surface area contributed by atoms with E-state index in [9.17, 15) is 27.9 Å². The minimum atomic E-state index is -4.79. The van der Waals surface area contributed by atoms with E-state index in [4.69, 9.17) is 30.8 Å². The van der Waals surface area contributed by atoms with Gasteiger partial charge in [-0.2, -0.15) is 18.2 Å². The molecule has 2 N–H and O–H groups in total. The zero-order valence-corrected chi connectivity index (χ0v) is 31.3. The summed E-state index contributed by atoms with van der Waals surface area (Å²) in [5.74, 6) is -0.537. The Labute approximate surface area is 322 Å². The third kappa shape index (κ3) is 8.15. The summed E-state index contributed by atoms with van der Waals surface area (Å²) >= 11 is 7.12. The van der Waals surface area contributed by atoms with Crippen molar-refractivity contribution in [2.75, 3.05) is 27.3 Å². The molecule has 1 aliphatic heterocycles. The fourth-order valence-electron chi connectivity index (χ4n) is 8.09. The highest BCUT2D eigenvalue weighted by Crippen LogP contribution is 2.46. The molecule has 0 amide bonds. The molecule has 2 aromatic carbocycles. The van der Waals surface area contributed by atoms with E-state index < -0.39 is 35.7 Å². The Morgan fingerprint density at radius 2 is 1.69 bits per heavy atom. The second-order valence-corrected chi connectivity index (χ2v) is 14.7. The van der Waals surface area contributed by atoms with Gasteiger partial charge in [-0.1, -0.05) is 54.1 Å². The maximum Gasteiger partial charge on any atom is 0.421 e. The first-order chi connectivity index (χ1) is 26.4. The summed E-state index contributed by atoms with van der Waals surface area (Å²) in [4.78, 5) is 34.0. The van der Waals surface area contributed by atoms with Crippen LogP contribution in [0.25, 0.3) is 22.4 Å². The lowest BCUT2D eigenvalue weighted by molar-refractivity contribution is -0.143. The molecule has 2 aromatic heterocycles. The number of halogens is 4. The number of nitrogens with one attached hydrogen (secondary N) is 1. The van der Waals surface area contributed by atoms with Gasteiger partial charge in [-0.15, -0.1) is 0 Å². The number of carbonyl (C=O) groups is 2. The number of ketones is 1. The number of carbonyl (C=O) groups excluding carboxylic acids is 1. The molecule has 3 atom stereocenters. The van der Waals surface area contributed by atoms with Crippen molar-refractivity contribution in [3.63, 3.8) is 0 Å². The van der Waals surface area contributed by atoms with Crippen molar-refractivity contribution >= 4 is 23.4 Å². The summed E-state index contributed by atoms with van der Waals surface area (Å²) in [7, 11) is 2.88. The lowest BCUT2D eigenvalue weighted by atomic mass is 9.94. The number of Topliss-reactive ketones (excluding diaryl/α,β-unsaturated/α-hetero) is 1. The molecule has 1 saturated carbocycles. The first-order valence-corrected chi connectivity index (χ1v) is 18.8. The summed E-state index contributed by atoms with van der Waals surface area (Å²) in [6.45, 7) is 1.67. The Balaban J connectivity index is 1.13. The molecule has 3 aliphatic rings. The number of methoxy groups -OCH3 is 2. The van der Waals surface area contributed by atoms with Gasteiger partial charge in [0.2, 0.25) is 17.6 Å². The Kier molecular flexibility index (Phi) is 11.3. The van der Waals surface area contributed by atoms with Crippen molar-refractivity contribution in [1.82, 2.24) is 20.2 Å². The van der Waals surface area contributed by atoms with E-state index in [1.807, 2.05) is 48.5 Å². The molecule has 0 radical (unpaired) electrons. The highest BCUT2D eigenvalue weighted by Gasteiger charge is 2.40. The van der Waals surface area contributed by atoms with Crippen molar-refractivity contribution in [3.8, 4) is 40.0 Å². The second kappa shape index (κ2) is 16.2.